The molecule has 62 valence electrons. The first-order chi connectivity index (χ1) is 4.16. The molecule has 1 unspecified atom stereocenters. The summed E-state index contributed by atoms with van der Waals surface area (Å²) in [6.07, 6.45) is 0.882. The number of hydrogen-bond donors (Lipinski definition) is 0. The average Bonchev–Trinajstić information content (AvgIpc) is 1.63. The summed E-state index contributed by atoms with van der Waals surface area (Å²) in [4.78, 5) is 10.7. The van der Waals surface area contributed by atoms with E-state index in [1.807, 2.05) is 0 Å². The zero-order valence-electron chi connectivity index (χ0n) is 5.77. The van der Waals surface area contributed by atoms with Crippen LogP contribution in [-0.2, 0) is 4.79 Å². The molecule has 10 heavy (non-hydrogen) atoms. The summed E-state index contributed by atoms with van der Waals surface area (Å²) in [5, 5.41) is -0.0549. The normalized spacial score (nSPS) is 11.9. The van der Waals surface area contributed by atoms with Gasteiger partial charge >= 0.3 is 0 Å². The lowest BCUT2D eigenvalue weighted by Gasteiger charge is -1.97. The smallest absolute Gasteiger partial charge is 0.135 e. The molecule has 0 rings (SSSR count). The molecule has 0 aliphatic rings. The van der Waals surface area contributed by atoms with E-state index in [9.17, 15) is 4.79 Å². The first-order valence-electron chi connectivity index (χ1n) is 2.88. The van der Waals surface area contributed by atoms with Crippen LogP contribution in [0.25, 0.3) is 0 Å². The SMILES string of the molecule is CC(Cl)CC(=O)CCCl.Cl. The van der Waals surface area contributed by atoms with E-state index in [4.69, 9.17) is 23.2 Å². The van der Waals surface area contributed by atoms with E-state index in [0.717, 1.165) is 0 Å². The molecule has 4 heteroatoms. The molecule has 0 saturated heterocycles. The van der Waals surface area contributed by atoms with Crippen molar-refractivity contribution in [1.82, 2.24) is 0 Å². The largest absolute Gasteiger partial charge is 0.300 e. The van der Waals surface area contributed by atoms with Gasteiger partial charge in [0.1, 0.15) is 5.78 Å². The van der Waals surface area contributed by atoms with Crippen molar-refractivity contribution in [3.05, 3.63) is 0 Å². The predicted molar refractivity (Wildman–Crippen MR) is 47.5 cm³/mol. The minimum atomic E-state index is -0.0549. The van der Waals surface area contributed by atoms with Crippen molar-refractivity contribution in [3.8, 4) is 0 Å². The number of carbonyl (C=O) groups is 1. The summed E-state index contributed by atoms with van der Waals surface area (Å²) in [7, 11) is 0. The maximum absolute atomic E-state index is 10.7. The third-order valence-electron chi connectivity index (χ3n) is 0.882. The lowest BCUT2D eigenvalue weighted by molar-refractivity contribution is -0.118. The minimum absolute atomic E-state index is 0. The Morgan fingerprint density at radius 1 is 1.60 bits per heavy atom. The Bertz CT molecular complexity index is 93.0. The number of alkyl halides is 2. The lowest BCUT2D eigenvalue weighted by atomic mass is 10.2. The molecule has 0 aromatic heterocycles. The third kappa shape index (κ3) is 8.54. The fraction of sp³-hybridized carbons (Fsp3) is 0.833. The lowest BCUT2D eigenvalue weighted by Crippen LogP contribution is -2.04. The summed E-state index contributed by atoms with van der Waals surface area (Å²) < 4.78 is 0. The molecule has 0 fully saturated rings. The van der Waals surface area contributed by atoms with E-state index in [0.29, 0.717) is 18.7 Å². The highest BCUT2D eigenvalue weighted by atomic mass is 35.5. The molecule has 0 bridgehead atoms. The van der Waals surface area contributed by atoms with Gasteiger partial charge in [-0.25, -0.2) is 0 Å². The van der Waals surface area contributed by atoms with Gasteiger partial charge in [-0.15, -0.1) is 35.6 Å². The predicted octanol–water partition coefficient (Wildman–Crippen LogP) is 2.62. The van der Waals surface area contributed by atoms with Gasteiger partial charge in [-0.05, 0) is 6.92 Å². The van der Waals surface area contributed by atoms with Gasteiger partial charge < -0.3 is 0 Å². The van der Waals surface area contributed by atoms with Gasteiger partial charge in [0.25, 0.3) is 0 Å². The van der Waals surface area contributed by atoms with Gasteiger partial charge in [0.05, 0.1) is 0 Å². The first-order valence-corrected chi connectivity index (χ1v) is 3.85. The Labute approximate surface area is 77.5 Å². The van der Waals surface area contributed by atoms with E-state index in [-0.39, 0.29) is 23.6 Å². The Kier molecular flexibility index (Phi) is 10.1. The first kappa shape index (κ1) is 13.2. The maximum atomic E-state index is 10.7. The Balaban J connectivity index is 0. The van der Waals surface area contributed by atoms with Gasteiger partial charge in [-0.1, -0.05) is 0 Å². The second-order valence-corrected chi connectivity index (χ2v) is 3.09. The molecule has 0 spiro atoms. The second-order valence-electron chi connectivity index (χ2n) is 1.96. The second kappa shape index (κ2) is 7.64. The van der Waals surface area contributed by atoms with Crippen molar-refractivity contribution in [3.63, 3.8) is 0 Å². The molecule has 0 aromatic carbocycles. The molecule has 0 aliphatic heterocycles. The van der Waals surface area contributed by atoms with Crippen LogP contribution in [0.15, 0.2) is 0 Å². The zero-order valence-corrected chi connectivity index (χ0v) is 8.10. The van der Waals surface area contributed by atoms with Crippen LogP contribution in [0.5, 0.6) is 0 Å². The van der Waals surface area contributed by atoms with Crippen LogP contribution in [0.3, 0.4) is 0 Å². The molecule has 0 N–H and O–H groups in total. The highest BCUT2D eigenvalue weighted by Gasteiger charge is 2.04. The zero-order chi connectivity index (χ0) is 7.28. The van der Waals surface area contributed by atoms with Crippen LogP contribution in [0.1, 0.15) is 19.8 Å². The molecular weight excluding hydrogens is 194 g/mol. The fourth-order valence-corrected chi connectivity index (χ4v) is 0.904. The van der Waals surface area contributed by atoms with E-state index >= 15 is 0 Å². The van der Waals surface area contributed by atoms with Gasteiger partial charge in [0.2, 0.25) is 0 Å². The topological polar surface area (TPSA) is 17.1 Å². The van der Waals surface area contributed by atoms with Crippen LogP contribution in [0.2, 0.25) is 0 Å². The molecule has 0 heterocycles. The van der Waals surface area contributed by atoms with Crippen LogP contribution in [-0.4, -0.2) is 17.0 Å². The van der Waals surface area contributed by atoms with Crippen molar-refractivity contribution < 1.29 is 4.79 Å². The van der Waals surface area contributed by atoms with E-state index in [1.165, 1.54) is 0 Å². The highest BCUT2D eigenvalue weighted by molar-refractivity contribution is 6.22. The molecular formula is C6H11Cl3O. The molecule has 0 radical (unpaired) electrons. The quantitative estimate of drug-likeness (QED) is 0.645. The van der Waals surface area contributed by atoms with Crippen LogP contribution < -0.4 is 0 Å². The minimum Gasteiger partial charge on any atom is -0.300 e. The third-order valence-corrected chi connectivity index (χ3v) is 1.23. The standard InChI is InChI=1S/C6H10Cl2O.ClH/c1-5(8)4-6(9)2-3-7;/h5H,2-4H2,1H3;1H. The van der Waals surface area contributed by atoms with Crippen molar-refractivity contribution in [2.24, 2.45) is 0 Å². The maximum Gasteiger partial charge on any atom is 0.135 e. The van der Waals surface area contributed by atoms with Crippen LogP contribution in [0.4, 0.5) is 0 Å². The van der Waals surface area contributed by atoms with Gasteiger partial charge in [-0.2, -0.15) is 0 Å². The molecule has 1 atom stereocenters. The number of halogens is 3. The van der Waals surface area contributed by atoms with E-state index < -0.39 is 0 Å². The molecule has 1 nitrogen and oxygen atoms in total. The van der Waals surface area contributed by atoms with Crippen LogP contribution in [0, 0.1) is 0 Å². The average molecular weight is 206 g/mol. The van der Waals surface area contributed by atoms with Crippen molar-refractivity contribution in [2.45, 2.75) is 25.1 Å². The van der Waals surface area contributed by atoms with Crippen molar-refractivity contribution >= 4 is 41.4 Å². The fourth-order valence-electron chi connectivity index (χ4n) is 0.521. The highest BCUT2D eigenvalue weighted by Crippen LogP contribution is 2.02. The Hall–Kier alpha value is 0.540. The summed E-state index contributed by atoms with van der Waals surface area (Å²) in [6.45, 7) is 1.80. The Morgan fingerprint density at radius 3 is 2.40 bits per heavy atom. The number of ketones is 1. The van der Waals surface area contributed by atoms with Crippen LogP contribution >= 0.6 is 35.6 Å². The van der Waals surface area contributed by atoms with Crippen molar-refractivity contribution in [1.29, 1.82) is 0 Å². The van der Waals surface area contributed by atoms with Gasteiger partial charge in [0.15, 0.2) is 0 Å². The monoisotopic (exact) mass is 204 g/mol. The summed E-state index contributed by atoms with van der Waals surface area (Å²) in [5.74, 6) is 0.551. The van der Waals surface area contributed by atoms with E-state index in [1.54, 1.807) is 6.92 Å². The molecule has 0 amide bonds. The van der Waals surface area contributed by atoms with Gasteiger partial charge in [0, 0.05) is 24.1 Å². The summed E-state index contributed by atoms with van der Waals surface area (Å²) >= 11 is 10.9. The number of hydrogen-bond acceptors (Lipinski definition) is 1. The molecule has 0 aliphatic carbocycles. The Morgan fingerprint density at radius 2 is 2.10 bits per heavy atom. The molecule has 0 saturated carbocycles. The summed E-state index contributed by atoms with van der Waals surface area (Å²) in [5.41, 5.74) is 0. The number of carbonyl (C=O) groups excluding carboxylic acids is 1. The number of rotatable bonds is 4. The van der Waals surface area contributed by atoms with E-state index in [2.05, 4.69) is 0 Å². The number of Topliss-reactive ketones (excluding diaryl/α,β-unsaturated/α-hetero) is 1. The van der Waals surface area contributed by atoms with Gasteiger partial charge in [-0.3, -0.25) is 4.79 Å². The van der Waals surface area contributed by atoms with Crippen molar-refractivity contribution in [2.75, 3.05) is 5.88 Å². The summed E-state index contributed by atoms with van der Waals surface area (Å²) in [6, 6.07) is 0. The molecule has 0 aromatic rings.